The van der Waals surface area contributed by atoms with E-state index < -0.39 is 0 Å². The van der Waals surface area contributed by atoms with Gasteiger partial charge in [0.25, 0.3) is 5.91 Å². The summed E-state index contributed by atoms with van der Waals surface area (Å²) in [6.07, 6.45) is 6.93. The molecule has 0 atom stereocenters. The first kappa shape index (κ1) is 22.7. The molecule has 2 N–H and O–H groups in total. The number of hydrogen-bond acceptors (Lipinski definition) is 6. The van der Waals surface area contributed by atoms with Crippen molar-refractivity contribution in [2.45, 2.75) is 33.6 Å². The molecule has 0 saturated heterocycles. The van der Waals surface area contributed by atoms with Gasteiger partial charge in [0, 0.05) is 42.3 Å². The molecule has 31 heavy (non-hydrogen) atoms. The molecule has 0 aliphatic rings. The lowest BCUT2D eigenvalue weighted by Crippen LogP contribution is -2.13. The van der Waals surface area contributed by atoms with Crippen LogP contribution in [0.1, 0.15) is 48.8 Å². The third-order valence-electron chi connectivity index (χ3n) is 4.74. The van der Waals surface area contributed by atoms with Gasteiger partial charge < -0.3 is 15.2 Å². The number of amides is 1. The number of allylic oxidation sites excluding steroid dienone is 1. The molecule has 0 unspecified atom stereocenters. The Kier molecular flexibility index (Phi) is 7.92. The number of aromatic nitrogens is 1. The third-order valence-corrected chi connectivity index (χ3v) is 5.66. The highest BCUT2D eigenvalue weighted by molar-refractivity contribution is 7.11. The van der Waals surface area contributed by atoms with E-state index in [1.54, 1.807) is 18.5 Å². The van der Waals surface area contributed by atoms with E-state index in [9.17, 15) is 4.79 Å². The van der Waals surface area contributed by atoms with Gasteiger partial charge in [-0.2, -0.15) is 0 Å². The number of rotatable bonds is 9. The van der Waals surface area contributed by atoms with Crippen LogP contribution in [0.4, 0.5) is 11.4 Å². The molecule has 1 aromatic carbocycles. The van der Waals surface area contributed by atoms with Gasteiger partial charge in [-0.3, -0.25) is 14.8 Å². The summed E-state index contributed by atoms with van der Waals surface area (Å²) in [7, 11) is 0. The van der Waals surface area contributed by atoms with Gasteiger partial charge in [0.1, 0.15) is 5.75 Å². The Balaban J connectivity index is 1.96. The number of aliphatic hydroxyl groups is 1. The van der Waals surface area contributed by atoms with Crippen molar-refractivity contribution >= 4 is 51.8 Å². The Labute approximate surface area is 186 Å². The molecular weight excluding hydrogens is 410 g/mol. The van der Waals surface area contributed by atoms with Crippen LogP contribution in [0.25, 0.3) is 17.0 Å². The highest BCUT2D eigenvalue weighted by atomic mass is 32.1. The van der Waals surface area contributed by atoms with Crippen molar-refractivity contribution in [2.24, 2.45) is 4.99 Å². The Morgan fingerprint density at radius 2 is 2.23 bits per heavy atom. The Hall–Kier alpha value is -3.03. The van der Waals surface area contributed by atoms with Crippen molar-refractivity contribution in [1.29, 1.82) is 0 Å². The van der Waals surface area contributed by atoms with Gasteiger partial charge in [-0.15, -0.1) is 11.3 Å². The molecule has 0 aliphatic heterocycles. The number of aliphatic hydroxyl groups excluding tert-OH is 1. The van der Waals surface area contributed by atoms with E-state index in [0.29, 0.717) is 35.7 Å². The first-order chi connectivity index (χ1) is 15.1. The fraction of sp³-hybridized carbons (Fsp3) is 0.292. The number of aliphatic imine (C=N–C) groups is 1. The predicted octanol–water partition coefficient (Wildman–Crippen LogP) is 5.85. The molecule has 162 valence electrons. The maximum atomic E-state index is 13.2. The Bertz CT molecular complexity index is 1120. The Morgan fingerprint density at radius 1 is 1.39 bits per heavy atom. The minimum atomic E-state index is -0.249. The average Bonchev–Trinajstić information content (AvgIpc) is 3.16. The van der Waals surface area contributed by atoms with Gasteiger partial charge in [0.15, 0.2) is 0 Å². The number of carbonyl (C=O) groups is 1. The van der Waals surface area contributed by atoms with Crippen LogP contribution in [0, 0.1) is 0 Å². The largest absolute Gasteiger partial charge is 0.491 e. The fourth-order valence-corrected chi connectivity index (χ4v) is 3.98. The summed E-state index contributed by atoms with van der Waals surface area (Å²) in [5.74, 6) is 0.270. The molecule has 1 amide bonds. The maximum Gasteiger partial charge on any atom is 0.258 e. The molecule has 2 heterocycles. The second-order valence-corrected chi connectivity index (χ2v) is 7.93. The zero-order valence-electron chi connectivity index (χ0n) is 18.0. The van der Waals surface area contributed by atoms with Crippen LogP contribution in [0.15, 0.2) is 46.4 Å². The minimum absolute atomic E-state index is 0.0360. The number of pyridine rings is 1. The molecule has 0 saturated carbocycles. The number of hydrogen-bond donors (Lipinski definition) is 2. The number of anilines is 1. The number of thiophene rings is 1. The van der Waals surface area contributed by atoms with E-state index in [4.69, 9.17) is 9.84 Å². The van der Waals surface area contributed by atoms with Crippen molar-refractivity contribution in [3.05, 3.63) is 51.9 Å². The van der Waals surface area contributed by atoms with Crippen LogP contribution >= 0.6 is 11.3 Å². The van der Waals surface area contributed by atoms with Crippen molar-refractivity contribution < 1.29 is 14.6 Å². The fourth-order valence-electron chi connectivity index (χ4n) is 2.97. The monoisotopic (exact) mass is 437 g/mol. The van der Waals surface area contributed by atoms with E-state index in [2.05, 4.69) is 35.2 Å². The number of fused-ring (bicyclic) bond motifs is 1. The van der Waals surface area contributed by atoms with Gasteiger partial charge >= 0.3 is 0 Å². The van der Waals surface area contributed by atoms with Gasteiger partial charge in [0.05, 0.1) is 33.9 Å². The molecule has 3 rings (SSSR count). The van der Waals surface area contributed by atoms with Gasteiger partial charge in [-0.05, 0) is 38.5 Å². The smallest absolute Gasteiger partial charge is 0.258 e. The molecule has 2 aromatic heterocycles. The zero-order chi connectivity index (χ0) is 22.2. The van der Waals surface area contributed by atoms with Crippen molar-refractivity contribution in [3.63, 3.8) is 0 Å². The number of ether oxygens (including phenoxy) is 1. The van der Waals surface area contributed by atoms with Crippen LogP contribution in [-0.4, -0.2) is 35.4 Å². The minimum Gasteiger partial charge on any atom is -0.491 e. The summed E-state index contributed by atoms with van der Waals surface area (Å²) >= 11 is 1.50. The van der Waals surface area contributed by atoms with Gasteiger partial charge in [-0.1, -0.05) is 18.6 Å². The van der Waals surface area contributed by atoms with Crippen LogP contribution < -0.4 is 10.1 Å². The maximum absolute atomic E-state index is 13.2. The average molecular weight is 438 g/mol. The number of nitrogens with one attached hydrogen (secondary N) is 1. The molecule has 0 spiro atoms. The first-order valence-corrected chi connectivity index (χ1v) is 11.2. The lowest BCUT2D eigenvalue weighted by atomic mass is 10.1. The molecule has 0 bridgehead atoms. The summed E-state index contributed by atoms with van der Waals surface area (Å²) in [5, 5.41) is 14.8. The topological polar surface area (TPSA) is 83.8 Å². The quantitative estimate of drug-likeness (QED) is 0.325. The summed E-state index contributed by atoms with van der Waals surface area (Å²) in [6, 6.07) is 7.44. The molecule has 3 aromatic rings. The van der Waals surface area contributed by atoms with E-state index >= 15 is 0 Å². The zero-order valence-corrected chi connectivity index (χ0v) is 18.8. The van der Waals surface area contributed by atoms with Crippen molar-refractivity contribution in [1.82, 2.24) is 4.98 Å². The summed E-state index contributed by atoms with van der Waals surface area (Å²) < 4.78 is 5.82. The highest BCUT2D eigenvalue weighted by Gasteiger charge is 2.18. The summed E-state index contributed by atoms with van der Waals surface area (Å²) in [4.78, 5) is 23.0. The number of nitrogens with zero attached hydrogens (tertiary/aromatic N) is 2. The molecule has 0 fully saturated rings. The molecule has 0 radical (unpaired) electrons. The first-order valence-electron chi connectivity index (χ1n) is 10.3. The lowest BCUT2D eigenvalue weighted by molar-refractivity contribution is 0.102. The summed E-state index contributed by atoms with van der Waals surface area (Å²) in [6.45, 7) is 6.38. The standard InChI is InChI=1S/C24H27N3O3S/c1-4-16(3)12-22-23(25-5-2)18(15-31-22)24(29)27-20-13-17-8-6-9-26-19(17)14-21(20)30-11-7-10-28/h5-6,8-9,12-15,28H,4,7,10-11H2,1-3H3,(H,27,29)/b16-12+,25-5-. The third kappa shape index (κ3) is 5.57. The predicted molar refractivity (Wildman–Crippen MR) is 129 cm³/mol. The van der Waals surface area contributed by atoms with E-state index in [0.717, 1.165) is 22.2 Å². The molecule has 7 heteroatoms. The highest BCUT2D eigenvalue weighted by Crippen LogP contribution is 2.35. The number of carbonyl (C=O) groups excluding carboxylic acids is 1. The van der Waals surface area contributed by atoms with E-state index in [1.807, 2.05) is 30.5 Å². The van der Waals surface area contributed by atoms with Crippen molar-refractivity contribution in [3.8, 4) is 5.75 Å². The van der Waals surface area contributed by atoms with E-state index in [-0.39, 0.29) is 12.5 Å². The van der Waals surface area contributed by atoms with Crippen LogP contribution in [-0.2, 0) is 0 Å². The van der Waals surface area contributed by atoms with Gasteiger partial charge in [-0.25, -0.2) is 0 Å². The van der Waals surface area contributed by atoms with Gasteiger partial charge in [0.2, 0.25) is 0 Å². The normalized spacial score (nSPS) is 11.9. The molecular formula is C24H27N3O3S. The SMILES string of the molecule is C/C=N\c1c(C(=O)Nc2cc3cccnc3cc2OCCCO)csc1/C=C(\C)CC. The van der Waals surface area contributed by atoms with Crippen LogP contribution in [0.2, 0.25) is 0 Å². The number of benzene rings is 1. The van der Waals surface area contributed by atoms with Crippen LogP contribution in [0.5, 0.6) is 5.75 Å². The Morgan fingerprint density at radius 3 is 2.97 bits per heavy atom. The molecule has 6 nitrogen and oxygen atoms in total. The molecule has 0 aliphatic carbocycles. The summed E-state index contributed by atoms with van der Waals surface area (Å²) in [5.41, 5.74) is 3.74. The van der Waals surface area contributed by atoms with E-state index in [1.165, 1.54) is 16.9 Å². The second kappa shape index (κ2) is 10.8. The van der Waals surface area contributed by atoms with Crippen LogP contribution in [0.3, 0.4) is 0 Å². The lowest BCUT2D eigenvalue weighted by Gasteiger charge is -2.14. The second-order valence-electron chi connectivity index (χ2n) is 7.02. The van der Waals surface area contributed by atoms with Crippen molar-refractivity contribution in [2.75, 3.05) is 18.5 Å².